The highest BCUT2D eigenvalue weighted by Gasteiger charge is 2.21. The molecule has 0 bridgehead atoms. The molecular weight excluding hydrogens is 388 g/mol. The van der Waals surface area contributed by atoms with Crippen molar-refractivity contribution in [2.24, 2.45) is 5.92 Å². The van der Waals surface area contributed by atoms with E-state index in [4.69, 9.17) is 0 Å². The Balaban J connectivity index is 1.34. The lowest BCUT2D eigenvalue weighted by Crippen LogP contribution is -2.35. The van der Waals surface area contributed by atoms with Crippen LogP contribution in [0.5, 0.6) is 0 Å². The molecule has 0 unspecified atom stereocenters. The van der Waals surface area contributed by atoms with Crippen LogP contribution in [0.15, 0.2) is 66.7 Å². The van der Waals surface area contributed by atoms with E-state index in [9.17, 15) is 9.59 Å². The van der Waals surface area contributed by atoms with Crippen molar-refractivity contribution in [3.05, 3.63) is 78.1 Å². The molecule has 158 valence electrons. The summed E-state index contributed by atoms with van der Waals surface area (Å²) in [5.74, 6) is 0.593. The maximum atomic E-state index is 12.5. The number of aromatic amines is 1. The fourth-order valence-electron chi connectivity index (χ4n) is 3.64. The van der Waals surface area contributed by atoms with Gasteiger partial charge in [-0.2, -0.15) is 0 Å². The van der Waals surface area contributed by atoms with Gasteiger partial charge in [0.05, 0.1) is 17.1 Å². The van der Waals surface area contributed by atoms with Crippen molar-refractivity contribution in [3.8, 4) is 0 Å². The molecule has 6 heteroatoms. The monoisotopic (exact) mass is 414 g/mol. The third-order valence-electron chi connectivity index (χ3n) is 5.33. The molecule has 0 saturated heterocycles. The van der Waals surface area contributed by atoms with Crippen molar-refractivity contribution in [1.82, 2.24) is 20.6 Å². The molecule has 3 N–H and O–H groups in total. The maximum Gasteiger partial charge on any atom is 0.251 e. The van der Waals surface area contributed by atoms with E-state index in [0.717, 1.165) is 27.6 Å². The second-order valence-electron chi connectivity index (χ2n) is 8.00. The van der Waals surface area contributed by atoms with Crippen LogP contribution in [-0.2, 0) is 4.79 Å². The zero-order chi connectivity index (χ0) is 21.8. The summed E-state index contributed by atoms with van der Waals surface area (Å²) in [6, 6.07) is 21.1. The van der Waals surface area contributed by atoms with Crippen LogP contribution in [-0.4, -0.2) is 28.3 Å². The number of hydrogen-bond donors (Lipinski definition) is 3. The summed E-state index contributed by atoms with van der Waals surface area (Å²) < 4.78 is 0. The number of nitrogens with one attached hydrogen (secondary N) is 3. The topological polar surface area (TPSA) is 86.9 Å². The van der Waals surface area contributed by atoms with E-state index in [1.54, 1.807) is 6.07 Å². The summed E-state index contributed by atoms with van der Waals surface area (Å²) in [7, 11) is 0. The van der Waals surface area contributed by atoms with Gasteiger partial charge in [0, 0.05) is 18.5 Å². The molecule has 0 fully saturated rings. The SMILES string of the molecule is CC(C)[C@H](NC(=O)CCNC(=O)c1ccc2ccccc2c1)c1nc2ccccc2[nH]1. The van der Waals surface area contributed by atoms with Gasteiger partial charge in [-0.1, -0.05) is 56.3 Å². The highest BCUT2D eigenvalue weighted by molar-refractivity contribution is 5.98. The van der Waals surface area contributed by atoms with Crippen LogP contribution in [0.1, 0.15) is 42.5 Å². The van der Waals surface area contributed by atoms with Gasteiger partial charge >= 0.3 is 0 Å². The molecule has 0 aliphatic heterocycles. The summed E-state index contributed by atoms with van der Waals surface area (Å²) in [5, 5.41) is 7.98. The molecule has 4 rings (SSSR count). The van der Waals surface area contributed by atoms with E-state index in [2.05, 4.69) is 20.6 Å². The first-order valence-corrected chi connectivity index (χ1v) is 10.5. The Morgan fingerprint density at radius 3 is 2.48 bits per heavy atom. The van der Waals surface area contributed by atoms with Gasteiger partial charge < -0.3 is 15.6 Å². The largest absolute Gasteiger partial charge is 0.352 e. The number of aromatic nitrogens is 2. The van der Waals surface area contributed by atoms with Crippen LogP contribution in [0.3, 0.4) is 0 Å². The number of hydrogen-bond acceptors (Lipinski definition) is 3. The van der Waals surface area contributed by atoms with Gasteiger partial charge in [0.15, 0.2) is 0 Å². The van der Waals surface area contributed by atoms with Crippen molar-refractivity contribution >= 4 is 33.6 Å². The lowest BCUT2D eigenvalue weighted by Gasteiger charge is -2.20. The van der Waals surface area contributed by atoms with Crippen LogP contribution in [0.2, 0.25) is 0 Å². The van der Waals surface area contributed by atoms with Crippen molar-refractivity contribution < 1.29 is 9.59 Å². The first-order valence-electron chi connectivity index (χ1n) is 10.5. The van der Waals surface area contributed by atoms with Crippen LogP contribution in [0.4, 0.5) is 0 Å². The number of fused-ring (bicyclic) bond motifs is 2. The molecule has 0 saturated carbocycles. The van der Waals surface area contributed by atoms with Gasteiger partial charge in [-0.25, -0.2) is 4.98 Å². The predicted octanol–water partition coefficient (Wildman–Crippen LogP) is 4.35. The average Bonchev–Trinajstić information content (AvgIpc) is 3.20. The van der Waals surface area contributed by atoms with Crippen LogP contribution in [0.25, 0.3) is 21.8 Å². The van der Waals surface area contributed by atoms with E-state index in [1.807, 2.05) is 74.5 Å². The minimum Gasteiger partial charge on any atom is -0.352 e. The third kappa shape index (κ3) is 4.74. The fourth-order valence-corrected chi connectivity index (χ4v) is 3.64. The van der Waals surface area contributed by atoms with Crippen molar-refractivity contribution in [1.29, 1.82) is 0 Å². The summed E-state index contributed by atoms with van der Waals surface area (Å²) in [6.45, 7) is 4.35. The summed E-state index contributed by atoms with van der Waals surface area (Å²) in [4.78, 5) is 32.9. The quantitative estimate of drug-likeness (QED) is 0.420. The number of H-pyrrole nitrogens is 1. The Labute approximate surface area is 181 Å². The highest BCUT2D eigenvalue weighted by atomic mass is 16.2. The average molecular weight is 415 g/mol. The second kappa shape index (κ2) is 9.00. The van der Waals surface area contributed by atoms with Gasteiger partial charge in [0.1, 0.15) is 5.82 Å². The molecule has 1 aromatic heterocycles. The lowest BCUT2D eigenvalue weighted by molar-refractivity contribution is -0.122. The number of carbonyl (C=O) groups excluding carboxylic acids is 2. The Hall–Kier alpha value is -3.67. The zero-order valence-electron chi connectivity index (χ0n) is 17.7. The van der Waals surface area contributed by atoms with Gasteiger partial charge in [-0.15, -0.1) is 0 Å². The standard InChI is InChI=1S/C25H26N4O2/c1-16(2)23(24-27-20-9-5-6-10-21(20)28-24)29-22(30)13-14-26-25(31)19-12-11-17-7-3-4-8-18(17)15-19/h3-12,15-16,23H,13-14H2,1-2H3,(H,26,31)(H,27,28)(H,29,30)/t23-/m0/s1. The van der Waals surface area contributed by atoms with E-state index in [1.165, 1.54) is 0 Å². The number of amides is 2. The van der Waals surface area contributed by atoms with Crippen molar-refractivity contribution in [2.75, 3.05) is 6.54 Å². The van der Waals surface area contributed by atoms with E-state index < -0.39 is 0 Å². The van der Waals surface area contributed by atoms with Gasteiger partial charge in [-0.3, -0.25) is 9.59 Å². The molecular formula is C25H26N4O2. The Morgan fingerprint density at radius 2 is 1.71 bits per heavy atom. The van der Waals surface area contributed by atoms with Crippen LogP contribution in [0, 0.1) is 5.92 Å². The number of rotatable bonds is 7. The number of imidazole rings is 1. The molecule has 6 nitrogen and oxygen atoms in total. The van der Waals surface area contributed by atoms with Crippen molar-refractivity contribution in [2.45, 2.75) is 26.3 Å². The predicted molar refractivity (Wildman–Crippen MR) is 123 cm³/mol. The smallest absolute Gasteiger partial charge is 0.251 e. The van der Waals surface area contributed by atoms with Crippen LogP contribution < -0.4 is 10.6 Å². The normalized spacial score (nSPS) is 12.2. The molecule has 1 atom stereocenters. The summed E-state index contributed by atoms with van der Waals surface area (Å²) >= 11 is 0. The van der Waals surface area contributed by atoms with Gasteiger partial charge in [0.25, 0.3) is 5.91 Å². The molecule has 0 aliphatic carbocycles. The minimum absolute atomic E-state index is 0.127. The zero-order valence-corrected chi connectivity index (χ0v) is 17.7. The number of benzene rings is 3. The van der Waals surface area contributed by atoms with E-state index in [-0.39, 0.29) is 36.7 Å². The number of carbonyl (C=O) groups is 2. The van der Waals surface area contributed by atoms with Gasteiger partial charge in [-0.05, 0) is 41.0 Å². The van der Waals surface area contributed by atoms with Crippen LogP contribution >= 0.6 is 0 Å². The van der Waals surface area contributed by atoms with Crippen molar-refractivity contribution in [3.63, 3.8) is 0 Å². The number of nitrogens with zero attached hydrogens (tertiary/aromatic N) is 1. The molecule has 1 heterocycles. The third-order valence-corrected chi connectivity index (χ3v) is 5.33. The molecule has 3 aromatic carbocycles. The Morgan fingerprint density at radius 1 is 0.968 bits per heavy atom. The first-order chi connectivity index (χ1) is 15.0. The van der Waals surface area contributed by atoms with E-state index >= 15 is 0 Å². The second-order valence-corrected chi connectivity index (χ2v) is 8.00. The lowest BCUT2D eigenvalue weighted by atomic mass is 10.0. The number of para-hydroxylation sites is 2. The molecule has 0 spiro atoms. The van der Waals surface area contributed by atoms with E-state index in [0.29, 0.717) is 5.56 Å². The molecule has 0 radical (unpaired) electrons. The van der Waals surface area contributed by atoms with Gasteiger partial charge in [0.2, 0.25) is 5.91 Å². The highest BCUT2D eigenvalue weighted by Crippen LogP contribution is 2.22. The molecule has 4 aromatic rings. The Kier molecular flexibility index (Phi) is 5.98. The fraction of sp³-hybridized carbons (Fsp3) is 0.240. The summed E-state index contributed by atoms with van der Waals surface area (Å²) in [6.07, 6.45) is 0.197. The summed E-state index contributed by atoms with van der Waals surface area (Å²) in [5.41, 5.74) is 2.40. The first kappa shape index (κ1) is 20.6. The minimum atomic E-state index is -0.226. The molecule has 2 amide bonds. The molecule has 31 heavy (non-hydrogen) atoms. The molecule has 0 aliphatic rings. The Bertz CT molecular complexity index is 1200. The maximum absolute atomic E-state index is 12.5.